The van der Waals surface area contributed by atoms with E-state index in [1.807, 2.05) is 25.7 Å². The number of halogens is 1. The molecule has 2 atom stereocenters. The summed E-state index contributed by atoms with van der Waals surface area (Å²) in [5.41, 5.74) is 5.71. The van der Waals surface area contributed by atoms with Crippen molar-refractivity contribution in [2.24, 2.45) is 11.7 Å². The Labute approximate surface area is 99.8 Å². The van der Waals surface area contributed by atoms with Gasteiger partial charge >= 0.3 is 0 Å². The van der Waals surface area contributed by atoms with E-state index in [-0.39, 0.29) is 30.3 Å². The Morgan fingerprint density at radius 2 is 1.87 bits per heavy atom. The van der Waals surface area contributed by atoms with Crippen LogP contribution in [0.25, 0.3) is 0 Å². The molecule has 2 N–H and O–H groups in total. The molecule has 92 valence electrons. The van der Waals surface area contributed by atoms with Crippen LogP contribution in [0.15, 0.2) is 0 Å². The van der Waals surface area contributed by atoms with E-state index in [1.54, 1.807) is 0 Å². The third-order valence-corrected chi connectivity index (χ3v) is 2.65. The molecule has 0 aromatic heterocycles. The zero-order valence-electron chi connectivity index (χ0n) is 10.3. The molecule has 1 amide bonds. The van der Waals surface area contributed by atoms with Crippen molar-refractivity contribution in [1.82, 2.24) is 4.90 Å². The van der Waals surface area contributed by atoms with Crippen molar-refractivity contribution >= 4 is 18.3 Å². The quantitative estimate of drug-likeness (QED) is 0.767. The summed E-state index contributed by atoms with van der Waals surface area (Å²) in [5.74, 6) is 0.128. The number of unbranched alkanes of at least 4 members (excludes halogenated alkanes) is 1. The van der Waals surface area contributed by atoms with Crippen molar-refractivity contribution in [3.63, 3.8) is 0 Å². The zero-order valence-corrected chi connectivity index (χ0v) is 11.1. The molecule has 2 unspecified atom stereocenters. The molecule has 0 fully saturated rings. The summed E-state index contributed by atoms with van der Waals surface area (Å²) in [7, 11) is 0. The van der Waals surface area contributed by atoms with Crippen molar-refractivity contribution in [1.29, 1.82) is 0 Å². The van der Waals surface area contributed by atoms with Gasteiger partial charge < -0.3 is 10.6 Å². The van der Waals surface area contributed by atoms with Crippen LogP contribution in [0.4, 0.5) is 0 Å². The van der Waals surface area contributed by atoms with Crippen LogP contribution in [-0.2, 0) is 4.79 Å². The van der Waals surface area contributed by atoms with Crippen molar-refractivity contribution < 1.29 is 4.79 Å². The van der Waals surface area contributed by atoms with Gasteiger partial charge in [-0.15, -0.1) is 12.4 Å². The molecule has 0 bridgehead atoms. The molecule has 0 aromatic rings. The number of carbonyl (C=O) groups is 1. The van der Waals surface area contributed by atoms with E-state index in [4.69, 9.17) is 5.73 Å². The first-order valence-electron chi connectivity index (χ1n) is 5.58. The Balaban J connectivity index is 0. The standard InChI is InChI=1S/C11H24N2O.ClH/c1-5-7-8-13(6-2)11(14)9(3)10(4)12;/h9-10H,5-8,12H2,1-4H3;1H. The van der Waals surface area contributed by atoms with Gasteiger partial charge in [0.1, 0.15) is 0 Å². The fourth-order valence-corrected chi connectivity index (χ4v) is 1.29. The van der Waals surface area contributed by atoms with Gasteiger partial charge in [0.05, 0.1) is 5.92 Å². The van der Waals surface area contributed by atoms with Crippen molar-refractivity contribution in [2.75, 3.05) is 13.1 Å². The minimum atomic E-state index is -0.0631. The number of carbonyl (C=O) groups excluding carboxylic acids is 1. The average molecular weight is 237 g/mol. The van der Waals surface area contributed by atoms with Crippen LogP contribution >= 0.6 is 12.4 Å². The average Bonchev–Trinajstić information content (AvgIpc) is 2.17. The molecule has 0 aromatic carbocycles. The highest BCUT2D eigenvalue weighted by molar-refractivity contribution is 5.85. The lowest BCUT2D eigenvalue weighted by Crippen LogP contribution is -2.42. The number of amides is 1. The van der Waals surface area contributed by atoms with E-state index in [0.717, 1.165) is 25.9 Å². The van der Waals surface area contributed by atoms with Gasteiger partial charge in [-0.05, 0) is 20.3 Å². The van der Waals surface area contributed by atoms with E-state index >= 15 is 0 Å². The molecular formula is C11H25ClN2O. The summed E-state index contributed by atoms with van der Waals surface area (Å²) < 4.78 is 0. The van der Waals surface area contributed by atoms with Crippen LogP contribution in [0.3, 0.4) is 0 Å². The fourth-order valence-electron chi connectivity index (χ4n) is 1.29. The van der Waals surface area contributed by atoms with E-state index in [2.05, 4.69) is 6.92 Å². The summed E-state index contributed by atoms with van der Waals surface area (Å²) in [6.45, 7) is 9.59. The number of hydrogen-bond acceptors (Lipinski definition) is 2. The maximum absolute atomic E-state index is 11.9. The van der Waals surface area contributed by atoms with Crippen LogP contribution in [0.2, 0.25) is 0 Å². The van der Waals surface area contributed by atoms with E-state index in [0.29, 0.717) is 0 Å². The molecule has 15 heavy (non-hydrogen) atoms. The van der Waals surface area contributed by atoms with Gasteiger partial charge in [0.2, 0.25) is 5.91 Å². The number of nitrogens with zero attached hydrogens (tertiary/aromatic N) is 1. The molecule has 3 nitrogen and oxygen atoms in total. The van der Waals surface area contributed by atoms with Gasteiger partial charge in [0, 0.05) is 19.1 Å². The Kier molecular flexibility index (Phi) is 10.3. The molecule has 0 spiro atoms. The van der Waals surface area contributed by atoms with Gasteiger partial charge in [-0.1, -0.05) is 20.3 Å². The fraction of sp³-hybridized carbons (Fsp3) is 0.909. The van der Waals surface area contributed by atoms with Crippen LogP contribution in [0.1, 0.15) is 40.5 Å². The zero-order chi connectivity index (χ0) is 11.1. The molecule has 4 heteroatoms. The maximum Gasteiger partial charge on any atom is 0.226 e. The topological polar surface area (TPSA) is 46.3 Å². The molecule has 0 saturated carbocycles. The smallest absolute Gasteiger partial charge is 0.226 e. The van der Waals surface area contributed by atoms with Crippen LogP contribution in [0.5, 0.6) is 0 Å². The highest BCUT2D eigenvalue weighted by atomic mass is 35.5. The monoisotopic (exact) mass is 236 g/mol. The Bertz CT molecular complexity index is 174. The molecule has 0 aliphatic heterocycles. The largest absolute Gasteiger partial charge is 0.343 e. The first-order valence-corrected chi connectivity index (χ1v) is 5.58. The summed E-state index contributed by atoms with van der Waals surface area (Å²) in [4.78, 5) is 13.8. The van der Waals surface area contributed by atoms with Crippen LogP contribution < -0.4 is 5.73 Å². The van der Waals surface area contributed by atoms with Crippen molar-refractivity contribution in [3.8, 4) is 0 Å². The van der Waals surface area contributed by atoms with Crippen LogP contribution in [-0.4, -0.2) is 29.9 Å². The summed E-state index contributed by atoms with van der Waals surface area (Å²) in [6.07, 6.45) is 2.20. The number of nitrogens with two attached hydrogens (primary N) is 1. The summed E-state index contributed by atoms with van der Waals surface area (Å²) in [6, 6.07) is -0.0572. The molecule has 0 aliphatic carbocycles. The lowest BCUT2D eigenvalue weighted by Gasteiger charge is -2.26. The van der Waals surface area contributed by atoms with Gasteiger partial charge in [-0.25, -0.2) is 0 Å². The van der Waals surface area contributed by atoms with Crippen molar-refractivity contribution in [2.45, 2.75) is 46.6 Å². The predicted octanol–water partition coefficient (Wildman–Crippen LogP) is 2.04. The van der Waals surface area contributed by atoms with Gasteiger partial charge in [-0.2, -0.15) is 0 Å². The van der Waals surface area contributed by atoms with Gasteiger partial charge in [0.15, 0.2) is 0 Å². The van der Waals surface area contributed by atoms with Gasteiger partial charge in [-0.3, -0.25) is 4.79 Å². The summed E-state index contributed by atoms with van der Waals surface area (Å²) >= 11 is 0. The molecule has 0 radical (unpaired) electrons. The minimum Gasteiger partial charge on any atom is -0.343 e. The molecule has 0 saturated heterocycles. The van der Waals surface area contributed by atoms with E-state index in [1.165, 1.54) is 0 Å². The van der Waals surface area contributed by atoms with E-state index < -0.39 is 0 Å². The lowest BCUT2D eigenvalue weighted by atomic mass is 10.0. The SMILES string of the molecule is CCCCN(CC)C(=O)C(C)C(C)N.Cl. The second kappa shape index (κ2) is 8.98. The Hall–Kier alpha value is -0.280. The molecule has 0 heterocycles. The highest BCUT2D eigenvalue weighted by Gasteiger charge is 2.21. The first-order chi connectivity index (χ1) is 6.54. The Morgan fingerprint density at radius 3 is 2.20 bits per heavy atom. The maximum atomic E-state index is 11.9. The highest BCUT2D eigenvalue weighted by Crippen LogP contribution is 2.07. The lowest BCUT2D eigenvalue weighted by molar-refractivity contribution is -0.135. The molecule has 0 aliphatic rings. The minimum absolute atomic E-state index is 0. The van der Waals surface area contributed by atoms with Crippen LogP contribution in [0, 0.1) is 5.92 Å². The van der Waals surface area contributed by atoms with Gasteiger partial charge in [0.25, 0.3) is 0 Å². The third kappa shape index (κ3) is 6.00. The normalized spacial score (nSPS) is 13.9. The number of hydrogen-bond donors (Lipinski definition) is 1. The predicted molar refractivity (Wildman–Crippen MR) is 67.2 cm³/mol. The second-order valence-corrected chi connectivity index (χ2v) is 3.92. The number of rotatable bonds is 6. The van der Waals surface area contributed by atoms with E-state index in [9.17, 15) is 4.79 Å². The summed E-state index contributed by atoms with van der Waals surface area (Å²) in [5, 5.41) is 0. The molecular weight excluding hydrogens is 212 g/mol. The first kappa shape index (κ1) is 17.1. The molecule has 0 rings (SSSR count). The third-order valence-electron chi connectivity index (χ3n) is 2.65. The Morgan fingerprint density at radius 1 is 1.33 bits per heavy atom. The van der Waals surface area contributed by atoms with Crippen molar-refractivity contribution in [3.05, 3.63) is 0 Å². The second-order valence-electron chi connectivity index (χ2n) is 3.92.